The molecule has 0 atom stereocenters. The van der Waals surface area contributed by atoms with Crippen molar-refractivity contribution in [1.82, 2.24) is 14.7 Å². The van der Waals surface area contributed by atoms with E-state index < -0.39 is 0 Å². The molecule has 1 saturated carbocycles. The summed E-state index contributed by atoms with van der Waals surface area (Å²) >= 11 is 0. The average molecular weight is 265 g/mol. The van der Waals surface area contributed by atoms with Crippen LogP contribution in [0.15, 0.2) is 0 Å². The van der Waals surface area contributed by atoms with Crippen LogP contribution in [0.3, 0.4) is 0 Å². The van der Waals surface area contributed by atoms with Crippen LogP contribution in [0.2, 0.25) is 0 Å². The molecule has 2 heterocycles. The van der Waals surface area contributed by atoms with Crippen LogP contribution < -0.4 is 0 Å². The van der Waals surface area contributed by atoms with E-state index in [0.717, 1.165) is 23.5 Å². The van der Waals surface area contributed by atoms with Gasteiger partial charge in [0.25, 0.3) is 0 Å². The Kier molecular flexibility index (Phi) is 3.65. The molecule has 2 aliphatic heterocycles. The Morgan fingerprint density at radius 1 is 0.789 bits per heavy atom. The first-order valence-electron chi connectivity index (χ1n) is 8.21. The van der Waals surface area contributed by atoms with E-state index in [-0.39, 0.29) is 0 Å². The summed E-state index contributed by atoms with van der Waals surface area (Å²) in [4.78, 5) is 8.02. The summed E-state index contributed by atoms with van der Waals surface area (Å²) in [6.45, 7) is 17.2. The van der Waals surface area contributed by atoms with Crippen molar-refractivity contribution in [3.63, 3.8) is 0 Å². The van der Waals surface area contributed by atoms with Crippen molar-refractivity contribution in [1.29, 1.82) is 0 Å². The van der Waals surface area contributed by atoms with Crippen LogP contribution in [0.25, 0.3) is 0 Å². The Hall–Kier alpha value is -0.120. The van der Waals surface area contributed by atoms with Gasteiger partial charge < -0.3 is 0 Å². The van der Waals surface area contributed by atoms with Crippen molar-refractivity contribution in [3.8, 4) is 0 Å². The van der Waals surface area contributed by atoms with Crippen LogP contribution in [0, 0.1) is 5.41 Å². The van der Waals surface area contributed by atoms with E-state index in [0.29, 0.717) is 0 Å². The van der Waals surface area contributed by atoms with Crippen molar-refractivity contribution in [3.05, 3.63) is 0 Å². The molecule has 0 aromatic heterocycles. The van der Waals surface area contributed by atoms with Gasteiger partial charge in [0.2, 0.25) is 0 Å². The molecule has 3 heteroatoms. The maximum absolute atomic E-state index is 2.77. The second-order valence-electron chi connectivity index (χ2n) is 7.73. The molecular formula is C16H31N3. The molecule has 1 spiro atoms. The smallest absolute Gasteiger partial charge is 0.0113 e. The Morgan fingerprint density at radius 2 is 1.32 bits per heavy atom. The highest BCUT2D eigenvalue weighted by molar-refractivity contribution is 5.08. The fraction of sp³-hybridized carbons (Fsp3) is 1.00. The van der Waals surface area contributed by atoms with Gasteiger partial charge in [-0.15, -0.1) is 0 Å². The number of likely N-dealkylation sites (tertiary alicyclic amines) is 1. The largest absolute Gasteiger partial charge is 0.300 e. The highest BCUT2D eigenvalue weighted by Crippen LogP contribution is 2.50. The van der Waals surface area contributed by atoms with Crippen molar-refractivity contribution >= 4 is 0 Å². The van der Waals surface area contributed by atoms with E-state index in [1.165, 1.54) is 52.1 Å². The first kappa shape index (κ1) is 13.8. The standard InChI is InChI=1S/C16H31N3/c1-13(2)17-5-7-18(8-6-17)15-9-16(10-15)11-19(12-16)14(3)4/h13-15H,5-12H2,1-4H3. The molecule has 3 rings (SSSR count). The molecule has 0 amide bonds. The van der Waals surface area contributed by atoms with E-state index >= 15 is 0 Å². The molecule has 0 radical (unpaired) electrons. The summed E-state index contributed by atoms with van der Waals surface area (Å²) < 4.78 is 0. The maximum atomic E-state index is 2.77. The van der Waals surface area contributed by atoms with Crippen LogP contribution >= 0.6 is 0 Å². The molecule has 0 aromatic carbocycles. The SMILES string of the molecule is CC(C)N1CCN(C2CC3(C2)CN(C(C)C)C3)CC1. The second kappa shape index (κ2) is 5.01. The molecule has 2 saturated heterocycles. The van der Waals surface area contributed by atoms with Crippen molar-refractivity contribution in [2.24, 2.45) is 5.41 Å². The molecule has 1 aliphatic carbocycles. The van der Waals surface area contributed by atoms with Crippen LogP contribution in [-0.2, 0) is 0 Å². The highest BCUT2D eigenvalue weighted by Gasteiger charge is 2.54. The van der Waals surface area contributed by atoms with E-state index in [2.05, 4.69) is 42.4 Å². The summed E-state index contributed by atoms with van der Waals surface area (Å²) in [6, 6.07) is 2.38. The number of piperazine rings is 1. The van der Waals surface area contributed by atoms with E-state index in [4.69, 9.17) is 0 Å². The zero-order chi connectivity index (χ0) is 13.6. The summed E-state index contributed by atoms with van der Waals surface area (Å²) in [5, 5.41) is 0. The van der Waals surface area contributed by atoms with Gasteiger partial charge >= 0.3 is 0 Å². The van der Waals surface area contributed by atoms with E-state index in [1.54, 1.807) is 0 Å². The fourth-order valence-corrected chi connectivity index (χ4v) is 4.26. The molecular weight excluding hydrogens is 234 g/mol. The Balaban J connectivity index is 1.41. The second-order valence-corrected chi connectivity index (χ2v) is 7.73. The number of rotatable bonds is 3. The summed E-state index contributed by atoms with van der Waals surface area (Å²) in [5.41, 5.74) is 0.726. The summed E-state index contributed by atoms with van der Waals surface area (Å²) in [7, 11) is 0. The topological polar surface area (TPSA) is 9.72 Å². The Morgan fingerprint density at radius 3 is 1.79 bits per heavy atom. The number of hydrogen-bond donors (Lipinski definition) is 0. The lowest BCUT2D eigenvalue weighted by Gasteiger charge is -2.63. The summed E-state index contributed by atoms with van der Waals surface area (Å²) in [6.07, 6.45) is 2.94. The normalized spacial score (nSPS) is 30.0. The molecule has 0 unspecified atom stereocenters. The minimum atomic E-state index is 0.723. The van der Waals surface area contributed by atoms with E-state index in [1.807, 2.05) is 0 Å². The maximum Gasteiger partial charge on any atom is 0.0113 e. The van der Waals surface area contributed by atoms with Crippen LogP contribution in [0.4, 0.5) is 0 Å². The Bertz CT molecular complexity index is 304. The van der Waals surface area contributed by atoms with Gasteiger partial charge in [-0.3, -0.25) is 14.7 Å². The van der Waals surface area contributed by atoms with Gasteiger partial charge in [-0.1, -0.05) is 0 Å². The van der Waals surface area contributed by atoms with Crippen molar-refractivity contribution < 1.29 is 0 Å². The molecule has 3 nitrogen and oxygen atoms in total. The molecule has 0 N–H and O–H groups in total. The third-order valence-corrected chi connectivity index (χ3v) is 5.74. The zero-order valence-electron chi connectivity index (χ0n) is 13.2. The van der Waals surface area contributed by atoms with Gasteiger partial charge in [0.1, 0.15) is 0 Å². The van der Waals surface area contributed by atoms with Gasteiger partial charge in [-0.2, -0.15) is 0 Å². The van der Waals surface area contributed by atoms with E-state index in [9.17, 15) is 0 Å². The minimum Gasteiger partial charge on any atom is -0.300 e. The van der Waals surface area contributed by atoms with Gasteiger partial charge in [0.15, 0.2) is 0 Å². The lowest BCUT2D eigenvalue weighted by atomic mass is 9.60. The fourth-order valence-electron chi connectivity index (χ4n) is 4.26. The Labute approximate surface area is 118 Å². The molecule has 3 fully saturated rings. The average Bonchev–Trinajstić information content (AvgIpc) is 2.25. The number of hydrogen-bond acceptors (Lipinski definition) is 3. The van der Waals surface area contributed by atoms with Crippen LogP contribution in [0.1, 0.15) is 40.5 Å². The third-order valence-electron chi connectivity index (χ3n) is 5.74. The van der Waals surface area contributed by atoms with Crippen molar-refractivity contribution in [2.75, 3.05) is 39.3 Å². The lowest BCUT2D eigenvalue weighted by Crippen LogP contribution is -2.68. The highest BCUT2D eigenvalue weighted by atomic mass is 15.3. The first-order chi connectivity index (χ1) is 8.99. The molecule has 0 aromatic rings. The predicted molar refractivity (Wildman–Crippen MR) is 80.4 cm³/mol. The van der Waals surface area contributed by atoms with Gasteiger partial charge in [0, 0.05) is 57.4 Å². The van der Waals surface area contributed by atoms with Crippen LogP contribution in [-0.4, -0.2) is 72.1 Å². The quantitative estimate of drug-likeness (QED) is 0.771. The van der Waals surface area contributed by atoms with Gasteiger partial charge in [-0.05, 0) is 46.0 Å². The molecule has 3 aliphatic rings. The minimum absolute atomic E-state index is 0.723. The number of nitrogens with zero attached hydrogens (tertiary/aromatic N) is 3. The molecule has 19 heavy (non-hydrogen) atoms. The zero-order valence-corrected chi connectivity index (χ0v) is 13.2. The lowest BCUT2D eigenvalue weighted by molar-refractivity contribution is -0.125. The van der Waals surface area contributed by atoms with Gasteiger partial charge in [-0.25, -0.2) is 0 Å². The predicted octanol–water partition coefficient (Wildman–Crippen LogP) is 1.89. The molecule has 110 valence electrons. The molecule has 0 bridgehead atoms. The summed E-state index contributed by atoms with van der Waals surface area (Å²) in [5.74, 6) is 0. The van der Waals surface area contributed by atoms with Crippen molar-refractivity contribution in [2.45, 2.75) is 58.7 Å². The third kappa shape index (κ3) is 2.57. The van der Waals surface area contributed by atoms with Gasteiger partial charge in [0.05, 0.1) is 0 Å². The monoisotopic (exact) mass is 265 g/mol. The first-order valence-corrected chi connectivity index (χ1v) is 8.21. The van der Waals surface area contributed by atoms with Crippen LogP contribution in [0.5, 0.6) is 0 Å².